The number of amides is 2. The summed E-state index contributed by atoms with van der Waals surface area (Å²) in [4.78, 5) is 27.9. The molecule has 4 nitrogen and oxygen atoms in total. The van der Waals surface area contributed by atoms with Gasteiger partial charge in [-0.2, -0.15) is 13.2 Å². The molecule has 0 fully saturated rings. The highest BCUT2D eigenvalue weighted by Gasteiger charge is 2.33. The van der Waals surface area contributed by atoms with Crippen molar-refractivity contribution in [3.05, 3.63) is 56.8 Å². The second-order valence-electron chi connectivity index (χ2n) is 7.07. The van der Waals surface area contributed by atoms with E-state index in [1.165, 1.54) is 34.4 Å². The molecule has 0 saturated heterocycles. The Morgan fingerprint density at radius 3 is 2.64 bits per heavy atom. The average Bonchev–Trinajstić information content (AvgIpc) is 3.08. The molecule has 2 aromatic rings. The van der Waals surface area contributed by atoms with E-state index in [4.69, 9.17) is 0 Å². The molecule has 0 bridgehead atoms. The van der Waals surface area contributed by atoms with Gasteiger partial charge in [0.05, 0.1) is 10.4 Å². The largest absolute Gasteiger partial charge is 0.416 e. The lowest BCUT2D eigenvalue weighted by atomic mass is 9.87. The maximum atomic E-state index is 13.1. The fourth-order valence-electron chi connectivity index (χ4n) is 3.35. The SMILES string of the molecule is CN(C)C(=O)c1cc2c(s1)CC[C@@H](C(=O)NCc1ccccc1C(F)(F)F)C2. The molecule has 8 heteroatoms. The highest BCUT2D eigenvalue weighted by atomic mass is 32.1. The van der Waals surface area contributed by atoms with Crippen LogP contribution >= 0.6 is 11.3 Å². The summed E-state index contributed by atoms with van der Waals surface area (Å²) in [6, 6.07) is 7.09. The lowest BCUT2D eigenvalue weighted by molar-refractivity contribution is -0.138. The fourth-order valence-corrected chi connectivity index (χ4v) is 4.58. The van der Waals surface area contributed by atoms with E-state index in [9.17, 15) is 22.8 Å². The summed E-state index contributed by atoms with van der Waals surface area (Å²) in [6.45, 7) is -0.161. The summed E-state index contributed by atoms with van der Waals surface area (Å²) < 4.78 is 39.2. The zero-order valence-corrected chi connectivity index (χ0v) is 16.4. The van der Waals surface area contributed by atoms with Gasteiger partial charge in [-0.15, -0.1) is 11.3 Å². The molecule has 1 aromatic carbocycles. The number of carbonyl (C=O) groups is 2. The van der Waals surface area contributed by atoms with E-state index in [1.807, 2.05) is 6.07 Å². The van der Waals surface area contributed by atoms with Crippen LogP contribution in [0, 0.1) is 5.92 Å². The number of carbonyl (C=O) groups excluding carboxylic acids is 2. The lowest BCUT2D eigenvalue weighted by Crippen LogP contribution is -2.33. The quantitative estimate of drug-likeness (QED) is 0.832. The van der Waals surface area contributed by atoms with Gasteiger partial charge in [0.15, 0.2) is 0 Å². The monoisotopic (exact) mass is 410 g/mol. The predicted molar refractivity (Wildman–Crippen MR) is 101 cm³/mol. The number of halogens is 3. The minimum atomic E-state index is -4.45. The second-order valence-corrected chi connectivity index (χ2v) is 8.21. The maximum absolute atomic E-state index is 13.1. The summed E-state index contributed by atoms with van der Waals surface area (Å²) in [7, 11) is 3.38. The molecule has 1 aliphatic carbocycles. The van der Waals surface area contributed by atoms with Crippen molar-refractivity contribution in [2.75, 3.05) is 14.1 Å². The first-order valence-electron chi connectivity index (χ1n) is 8.93. The van der Waals surface area contributed by atoms with Crippen molar-refractivity contribution >= 4 is 23.2 Å². The number of thiophene rings is 1. The third-order valence-electron chi connectivity index (χ3n) is 4.85. The van der Waals surface area contributed by atoms with Gasteiger partial charge >= 0.3 is 6.18 Å². The molecule has 3 rings (SSSR count). The molecular weight excluding hydrogens is 389 g/mol. The number of benzene rings is 1. The van der Waals surface area contributed by atoms with E-state index in [-0.39, 0.29) is 29.8 Å². The van der Waals surface area contributed by atoms with Gasteiger partial charge in [-0.25, -0.2) is 0 Å². The first-order valence-corrected chi connectivity index (χ1v) is 9.74. The van der Waals surface area contributed by atoms with Crippen LogP contribution in [0.25, 0.3) is 0 Å². The Balaban J connectivity index is 1.65. The molecule has 0 saturated carbocycles. The van der Waals surface area contributed by atoms with Crippen LogP contribution < -0.4 is 5.32 Å². The number of rotatable bonds is 4. The van der Waals surface area contributed by atoms with Crippen LogP contribution in [-0.4, -0.2) is 30.8 Å². The molecule has 0 radical (unpaired) electrons. The lowest BCUT2D eigenvalue weighted by Gasteiger charge is -2.22. The average molecular weight is 410 g/mol. The van der Waals surface area contributed by atoms with Gasteiger partial charge in [-0.1, -0.05) is 18.2 Å². The van der Waals surface area contributed by atoms with Crippen molar-refractivity contribution in [1.29, 1.82) is 0 Å². The van der Waals surface area contributed by atoms with Gasteiger partial charge in [0, 0.05) is 31.4 Å². The molecule has 1 aliphatic rings. The number of nitrogens with one attached hydrogen (secondary N) is 1. The van der Waals surface area contributed by atoms with Crippen molar-refractivity contribution in [3.8, 4) is 0 Å². The van der Waals surface area contributed by atoms with Gasteiger partial charge in [0.25, 0.3) is 5.91 Å². The standard InChI is InChI=1S/C20H21F3N2O2S/c1-25(2)19(27)17-10-14-9-12(7-8-16(14)28-17)18(26)24-11-13-5-3-4-6-15(13)20(21,22)23/h3-6,10,12H,7-9,11H2,1-2H3,(H,24,26)/t12-/m1/s1. The topological polar surface area (TPSA) is 49.4 Å². The van der Waals surface area contributed by atoms with Gasteiger partial charge in [0.1, 0.15) is 0 Å². The van der Waals surface area contributed by atoms with Crippen LogP contribution in [0.3, 0.4) is 0 Å². The van der Waals surface area contributed by atoms with Gasteiger partial charge in [-0.05, 0) is 42.5 Å². The van der Waals surface area contributed by atoms with E-state index >= 15 is 0 Å². The zero-order chi connectivity index (χ0) is 20.5. The highest BCUT2D eigenvalue weighted by molar-refractivity contribution is 7.14. The molecule has 1 aromatic heterocycles. The molecule has 2 amide bonds. The Kier molecular flexibility index (Phi) is 5.79. The number of hydrogen-bond acceptors (Lipinski definition) is 3. The minimum absolute atomic E-state index is 0.0502. The van der Waals surface area contributed by atoms with E-state index in [1.54, 1.807) is 14.1 Å². The highest BCUT2D eigenvalue weighted by Crippen LogP contribution is 2.34. The second kappa shape index (κ2) is 7.95. The first-order chi connectivity index (χ1) is 13.2. The van der Waals surface area contributed by atoms with Crippen molar-refractivity contribution in [3.63, 3.8) is 0 Å². The Bertz CT molecular complexity index is 890. The third-order valence-corrected chi connectivity index (χ3v) is 6.07. The van der Waals surface area contributed by atoms with Crippen LogP contribution in [0.4, 0.5) is 13.2 Å². The zero-order valence-electron chi connectivity index (χ0n) is 15.6. The number of alkyl halides is 3. The van der Waals surface area contributed by atoms with Crippen LogP contribution in [0.1, 0.15) is 37.7 Å². The number of nitrogens with zero attached hydrogens (tertiary/aromatic N) is 1. The summed E-state index contributed by atoms with van der Waals surface area (Å²) in [6.07, 6.45) is -2.64. The number of fused-ring (bicyclic) bond motifs is 1. The van der Waals surface area contributed by atoms with Crippen molar-refractivity contribution in [2.24, 2.45) is 5.92 Å². The normalized spacial score (nSPS) is 16.4. The van der Waals surface area contributed by atoms with Gasteiger partial charge in [0.2, 0.25) is 5.91 Å². The molecule has 28 heavy (non-hydrogen) atoms. The van der Waals surface area contributed by atoms with Crippen LogP contribution in [0.5, 0.6) is 0 Å². The molecule has 150 valence electrons. The van der Waals surface area contributed by atoms with Crippen molar-refractivity contribution in [2.45, 2.75) is 32.0 Å². The summed E-state index contributed by atoms with van der Waals surface area (Å²) in [5.74, 6) is -0.624. The molecule has 0 aliphatic heterocycles. The van der Waals surface area contributed by atoms with Gasteiger partial charge in [-0.3, -0.25) is 9.59 Å². The van der Waals surface area contributed by atoms with E-state index in [0.29, 0.717) is 24.1 Å². The van der Waals surface area contributed by atoms with Crippen molar-refractivity contribution < 1.29 is 22.8 Å². The van der Waals surface area contributed by atoms with Crippen LogP contribution in [-0.2, 0) is 30.4 Å². The predicted octanol–water partition coefficient (Wildman–Crippen LogP) is 3.89. The maximum Gasteiger partial charge on any atom is 0.416 e. The third kappa shape index (κ3) is 4.38. The summed E-state index contributed by atoms with van der Waals surface area (Å²) in [5.41, 5.74) is 0.303. The number of aryl methyl sites for hydroxylation is 1. The Morgan fingerprint density at radius 2 is 1.96 bits per heavy atom. The summed E-state index contributed by atoms with van der Waals surface area (Å²) >= 11 is 1.45. The Hall–Kier alpha value is -2.35. The minimum Gasteiger partial charge on any atom is -0.352 e. The van der Waals surface area contributed by atoms with E-state index in [2.05, 4.69) is 5.32 Å². The molecule has 1 atom stereocenters. The smallest absolute Gasteiger partial charge is 0.352 e. The fraction of sp³-hybridized carbons (Fsp3) is 0.400. The molecule has 0 unspecified atom stereocenters. The van der Waals surface area contributed by atoms with E-state index in [0.717, 1.165) is 16.5 Å². The van der Waals surface area contributed by atoms with E-state index < -0.39 is 11.7 Å². The number of hydrogen-bond donors (Lipinski definition) is 1. The van der Waals surface area contributed by atoms with Crippen molar-refractivity contribution in [1.82, 2.24) is 10.2 Å². The first kappa shape index (κ1) is 20.4. The van der Waals surface area contributed by atoms with Crippen LogP contribution in [0.2, 0.25) is 0 Å². The van der Waals surface area contributed by atoms with Crippen LogP contribution in [0.15, 0.2) is 30.3 Å². The molecular formula is C20H21F3N2O2S. The Morgan fingerprint density at radius 1 is 1.25 bits per heavy atom. The summed E-state index contributed by atoms with van der Waals surface area (Å²) in [5, 5.41) is 2.65. The molecule has 1 heterocycles. The molecule has 0 spiro atoms. The van der Waals surface area contributed by atoms with Gasteiger partial charge < -0.3 is 10.2 Å². The molecule has 1 N–H and O–H groups in total. The Labute approximate surface area is 165 Å².